The molecule has 4 rings (SSSR count). The van der Waals surface area contributed by atoms with Crippen molar-refractivity contribution >= 4 is 28.8 Å². The summed E-state index contributed by atoms with van der Waals surface area (Å²) in [5, 5.41) is 5.61. The molecular weight excluding hydrogens is 414 g/mol. The zero-order chi connectivity index (χ0) is 23.2. The average Bonchev–Trinajstić information content (AvgIpc) is 2.85. The van der Waals surface area contributed by atoms with E-state index >= 15 is 0 Å². The number of carbonyl (C=O) groups is 2. The van der Waals surface area contributed by atoms with Crippen molar-refractivity contribution in [3.05, 3.63) is 65.9 Å². The van der Waals surface area contributed by atoms with Crippen LogP contribution in [0.25, 0.3) is 5.57 Å². The van der Waals surface area contributed by atoms with Crippen LogP contribution in [0.4, 0.5) is 11.4 Å². The third-order valence-corrected chi connectivity index (χ3v) is 6.55. The number of likely N-dealkylation sites (N-methyl/N-ethyl adjacent to an activating group) is 1. The van der Waals surface area contributed by atoms with Gasteiger partial charge < -0.3 is 15.1 Å². The molecule has 0 radical (unpaired) electrons. The van der Waals surface area contributed by atoms with Crippen LogP contribution in [-0.4, -0.2) is 74.0 Å². The molecular formula is C26H33N5O2. The molecule has 174 valence electrons. The van der Waals surface area contributed by atoms with E-state index in [0.29, 0.717) is 16.7 Å². The minimum absolute atomic E-state index is 0.356. The van der Waals surface area contributed by atoms with E-state index < -0.39 is 0 Å². The predicted octanol–water partition coefficient (Wildman–Crippen LogP) is 2.87. The first-order chi connectivity index (χ1) is 16.1. The molecule has 7 nitrogen and oxygen atoms in total. The Morgan fingerprint density at radius 1 is 0.909 bits per heavy atom. The molecule has 0 spiro atoms. The molecule has 33 heavy (non-hydrogen) atoms. The fraction of sp³-hybridized carbons (Fsp3) is 0.385. The molecule has 1 saturated heterocycles. The van der Waals surface area contributed by atoms with Crippen LogP contribution in [0.15, 0.2) is 54.7 Å². The van der Waals surface area contributed by atoms with Crippen molar-refractivity contribution in [2.45, 2.75) is 13.8 Å². The van der Waals surface area contributed by atoms with E-state index in [0.717, 1.165) is 58.0 Å². The van der Waals surface area contributed by atoms with Gasteiger partial charge in [0.2, 0.25) is 0 Å². The van der Waals surface area contributed by atoms with Crippen LogP contribution in [0.5, 0.6) is 0 Å². The van der Waals surface area contributed by atoms with Gasteiger partial charge in [-0.3, -0.25) is 19.8 Å². The van der Waals surface area contributed by atoms with Crippen molar-refractivity contribution in [1.82, 2.24) is 15.1 Å². The number of piperazine rings is 1. The zero-order valence-electron chi connectivity index (χ0n) is 19.5. The van der Waals surface area contributed by atoms with Gasteiger partial charge in [-0.25, -0.2) is 0 Å². The number of amides is 2. The lowest BCUT2D eigenvalue weighted by Gasteiger charge is -2.37. The van der Waals surface area contributed by atoms with Gasteiger partial charge >= 0.3 is 0 Å². The molecule has 0 saturated carbocycles. The molecule has 0 bridgehead atoms. The van der Waals surface area contributed by atoms with Gasteiger partial charge in [-0.15, -0.1) is 0 Å². The normalized spacial score (nSPS) is 17.9. The summed E-state index contributed by atoms with van der Waals surface area (Å²) in [6.45, 7) is 13.2. The molecule has 2 aromatic carbocycles. The molecule has 2 aliphatic heterocycles. The predicted molar refractivity (Wildman–Crippen MR) is 133 cm³/mol. The van der Waals surface area contributed by atoms with E-state index in [4.69, 9.17) is 0 Å². The number of nitrogens with one attached hydrogen (secondary N) is 2. The smallest absolute Gasteiger partial charge is 0.260 e. The number of imide groups is 1. The Morgan fingerprint density at radius 3 is 2.24 bits per heavy atom. The number of hydrogen-bond acceptors (Lipinski definition) is 6. The van der Waals surface area contributed by atoms with E-state index in [2.05, 4.69) is 51.3 Å². The fourth-order valence-electron chi connectivity index (χ4n) is 4.40. The van der Waals surface area contributed by atoms with Gasteiger partial charge in [0.25, 0.3) is 11.8 Å². The Bertz CT molecular complexity index is 1010. The van der Waals surface area contributed by atoms with Gasteiger partial charge in [-0.2, -0.15) is 0 Å². The maximum Gasteiger partial charge on any atom is 0.260 e. The van der Waals surface area contributed by atoms with E-state index in [1.165, 1.54) is 5.69 Å². The Kier molecular flexibility index (Phi) is 7.42. The van der Waals surface area contributed by atoms with E-state index in [-0.39, 0.29) is 11.8 Å². The molecule has 2 aromatic rings. The molecule has 0 atom stereocenters. The van der Waals surface area contributed by atoms with Gasteiger partial charge in [-0.1, -0.05) is 32.0 Å². The minimum atomic E-state index is -0.387. The maximum absolute atomic E-state index is 12.3. The van der Waals surface area contributed by atoms with Crippen molar-refractivity contribution in [3.63, 3.8) is 0 Å². The van der Waals surface area contributed by atoms with Gasteiger partial charge in [0.1, 0.15) is 0 Å². The summed E-state index contributed by atoms with van der Waals surface area (Å²) in [5.74, 6) is -0.744. The molecule has 0 aromatic heterocycles. The third-order valence-electron chi connectivity index (χ3n) is 6.55. The first kappa shape index (κ1) is 23.0. The van der Waals surface area contributed by atoms with Gasteiger partial charge in [0, 0.05) is 68.0 Å². The van der Waals surface area contributed by atoms with Crippen LogP contribution in [0.1, 0.15) is 29.8 Å². The summed E-state index contributed by atoms with van der Waals surface area (Å²) in [4.78, 5) is 31.8. The summed E-state index contributed by atoms with van der Waals surface area (Å²) >= 11 is 0. The van der Waals surface area contributed by atoms with Crippen molar-refractivity contribution in [2.75, 3.05) is 62.6 Å². The van der Waals surface area contributed by atoms with E-state index in [9.17, 15) is 9.59 Å². The van der Waals surface area contributed by atoms with Crippen LogP contribution in [0.2, 0.25) is 0 Å². The first-order valence-corrected chi connectivity index (χ1v) is 11.8. The highest BCUT2D eigenvalue weighted by Crippen LogP contribution is 2.25. The highest BCUT2D eigenvalue weighted by molar-refractivity contribution is 6.31. The standard InChI is InChI=1S/C26H33N5O2/c1-3-29(4-2)13-14-30-15-17-31(18-16-30)21-11-9-20(10-12-21)27-19-24-22-7-5-6-8-23(22)25(32)28-26(24)33/h5-12,19,27H,3-4,13-18H2,1-2H3,(H,28,32,33)/b24-19-. The average molecular weight is 448 g/mol. The lowest BCUT2D eigenvalue weighted by molar-refractivity contribution is -0.114. The number of anilines is 2. The van der Waals surface area contributed by atoms with Crippen LogP contribution in [0.3, 0.4) is 0 Å². The topological polar surface area (TPSA) is 67.9 Å². The lowest BCUT2D eigenvalue weighted by Crippen LogP contribution is -2.48. The van der Waals surface area contributed by atoms with Crippen LogP contribution in [0, 0.1) is 0 Å². The summed E-state index contributed by atoms with van der Waals surface area (Å²) < 4.78 is 0. The number of nitrogens with zero attached hydrogens (tertiary/aromatic N) is 3. The summed E-state index contributed by atoms with van der Waals surface area (Å²) in [6, 6.07) is 15.4. The molecule has 2 aliphatic rings. The Morgan fingerprint density at radius 2 is 1.58 bits per heavy atom. The molecule has 2 N–H and O–H groups in total. The molecule has 2 amide bonds. The van der Waals surface area contributed by atoms with Crippen LogP contribution >= 0.6 is 0 Å². The Balaban J connectivity index is 1.34. The molecule has 7 heteroatoms. The summed E-state index contributed by atoms with van der Waals surface area (Å²) in [6.07, 6.45) is 1.67. The SMILES string of the molecule is CCN(CC)CCN1CCN(c2ccc(N/C=C3\C(=O)NC(=O)c4ccccc43)cc2)CC1. The van der Waals surface area contributed by atoms with Gasteiger partial charge in [0.15, 0.2) is 0 Å². The van der Waals surface area contributed by atoms with Crippen LogP contribution in [-0.2, 0) is 4.79 Å². The first-order valence-electron chi connectivity index (χ1n) is 11.8. The monoisotopic (exact) mass is 447 g/mol. The summed E-state index contributed by atoms with van der Waals surface area (Å²) in [5.41, 5.74) is 3.72. The Hall–Kier alpha value is -3.16. The van der Waals surface area contributed by atoms with Crippen LogP contribution < -0.4 is 15.5 Å². The van der Waals surface area contributed by atoms with Gasteiger partial charge in [0.05, 0.1) is 5.57 Å². The fourth-order valence-corrected chi connectivity index (χ4v) is 4.40. The Labute approximate surface area is 196 Å². The minimum Gasteiger partial charge on any atom is -0.369 e. The second-order valence-corrected chi connectivity index (χ2v) is 8.43. The molecule has 1 fully saturated rings. The maximum atomic E-state index is 12.3. The quantitative estimate of drug-likeness (QED) is 0.479. The number of fused-ring (bicyclic) bond motifs is 1. The third kappa shape index (κ3) is 5.43. The lowest BCUT2D eigenvalue weighted by atomic mass is 9.96. The second-order valence-electron chi connectivity index (χ2n) is 8.43. The molecule has 0 unspecified atom stereocenters. The van der Waals surface area contributed by atoms with Gasteiger partial charge in [-0.05, 0) is 43.4 Å². The van der Waals surface area contributed by atoms with Crippen molar-refractivity contribution < 1.29 is 9.59 Å². The van der Waals surface area contributed by atoms with Crippen molar-refractivity contribution in [2.24, 2.45) is 0 Å². The molecule has 0 aliphatic carbocycles. The van der Waals surface area contributed by atoms with E-state index in [1.54, 1.807) is 24.4 Å². The van der Waals surface area contributed by atoms with E-state index in [1.807, 2.05) is 18.2 Å². The number of carbonyl (C=O) groups excluding carboxylic acids is 2. The summed E-state index contributed by atoms with van der Waals surface area (Å²) in [7, 11) is 0. The highest BCUT2D eigenvalue weighted by atomic mass is 16.2. The number of hydrogen-bond donors (Lipinski definition) is 2. The second kappa shape index (κ2) is 10.6. The highest BCUT2D eigenvalue weighted by Gasteiger charge is 2.26. The largest absolute Gasteiger partial charge is 0.369 e. The zero-order valence-corrected chi connectivity index (χ0v) is 19.5. The van der Waals surface area contributed by atoms with Crippen molar-refractivity contribution in [3.8, 4) is 0 Å². The number of rotatable bonds is 8. The number of benzene rings is 2. The van der Waals surface area contributed by atoms with Crippen molar-refractivity contribution in [1.29, 1.82) is 0 Å². The molecule has 2 heterocycles.